The summed E-state index contributed by atoms with van der Waals surface area (Å²) in [6.45, 7) is 0. The highest BCUT2D eigenvalue weighted by atomic mass is 35.5. The van der Waals surface area contributed by atoms with Crippen LogP contribution in [0.2, 0.25) is 5.02 Å². The van der Waals surface area contributed by atoms with E-state index in [-0.39, 0.29) is 0 Å². The van der Waals surface area contributed by atoms with Crippen LogP contribution in [0.5, 0.6) is 0 Å². The summed E-state index contributed by atoms with van der Waals surface area (Å²) < 4.78 is 26.1. The summed E-state index contributed by atoms with van der Waals surface area (Å²) in [5.74, 6) is -4.73. The van der Waals surface area contributed by atoms with Gasteiger partial charge in [-0.2, -0.15) is 0 Å². The highest BCUT2D eigenvalue weighted by Gasteiger charge is 2.32. The molecule has 0 aliphatic rings. The quantitative estimate of drug-likeness (QED) is 0.870. The molecule has 1 N–H and O–H groups in total. The fourth-order valence-electron chi connectivity index (χ4n) is 1.18. The van der Waals surface area contributed by atoms with Crippen LogP contribution in [0.3, 0.4) is 0 Å². The maximum atomic E-state index is 13.0. The Kier molecular flexibility index (Phi) is 3.63. The Morgan fingerprint density at radius 2 is 1.87 bits per heavy atom. The van der Waals surface area contributed by atoms with Crippen molar-refractivity contribution in [2.75, 3.05) is 0 Å². The summed E-state index contributed by atoms with van der Waals surface area (Å²) in [5, 5.41) is 8.73. The Morgan fingerprint density at radius 3 is 2.33 bits per heavy atom. The molecule has 0 aliphatic heterocycles. The topological polar surface area (TPSA) is 37.3 Å². The lowest BCUT2D eigenvalue weighted by molar-refractivity contribution is -0.144. The van der Waals surface area contributed by atoms with E-state index in [0.717, 1.165) is 0 Å². The number of carboxylic acids is 1. The molecule has 0 unspecified atom stereocenters. The molecule has 0 amide bonds. The summed E-state index contributed by atoms with van der Waals surface area (Å²) in [7, 11) is 0. The molecule has 1 aromatic carbocycles. The first-order valence-corrected chi connectivity index (χ1v) is 4.61. The monoisotopic (exact) mass is 234 g/mol. The van der Waals surface area contributed by atoms with Gasteiger partial charge in [-0.3, -0.25) is 4.79 Å². The number of carbonyl (C=O) groups is 1. The van der Waals surface area contributed by atoms with Crippen LogP contribution < -0.4 is 0 Å². The van der Waals surface area contributed by atoms with Crippen LogP contribution in [0.1, 0.15) is 12.0 Å². The molecule has 2 nitrogen and oxygen atoms in total. The largest absolute Gasteiger partial charge is 0.481 e. The number of carboxylic acid groups (broad SMARTS) is 1. The molecular weight excluding hydrogens is 226 g/mol. The molecule has 0 spiro atoms. The van der Waals surface area contributed by atoms with Crippen molar-refractivity contribution in [3.8, 4) is 0 Å². The number of aliphatic carboxylic acids is 1. The van der Waals surface area contributed by atoms with E-state index in [4.69, 9.17) is 16.7 Å². The van der Waals surface area contributed by atoms with Crippen molar-refractivity contribution in [2.24, 2.45) is 0 Å². The van der Waals surface area contributed by atoms with Crippen LogP contribution in [0, 0.1) is 0 Å². The first kappa shape index (κ1) is 11.9. The third kappa shape index (κ3) is 4.25. The predicted molar refractivity (Wildman–Crippen MR) is 52.4 cm³/mol. The van der Waals surface area contributed by atoms with Gasteiger partial charge < -0.3 is 5.11 Å². The van der Waals surface area contributed by atoms with Crippen molar-refractivity contribution < 1.29 is 18.7 Å². The fraction of sp³-hybridized carbons (Fsp3) is 0.300. The van der Waals surface area contributed by atoms with E-state index in [1.165, 1.54) is 24.3 Å². The second-order valence-electron chi connectivity index (χ2n) is 3.23. The van der Waals surface area contributed by atoms with Crippen LogP contribution in [-0.2, 0) is 11.2 Å². The third-order valence-electron chi connectivity index (χ3n) is 1.79. The van der Waals surface area contributed by atoms with Crippen molar-refractivity contribution in [3.63, 3.8) is 0 Å². The van der Waals surface area contributed by atoms with Crippen molar-refractivity contribution >= 4 is 17.6 Å². The van der Waals surface area contributed by atoms with E-state index in [9.17, 15) is 13.6 Å². The zero-order chi connectivity index (χ0) is 11.5. The number of benzene rings is 1. The lowest BCUT2D eigenvalue weighted by atomic mass is 10.1. The number of hydrogen-bond donors (Lipinski definition) is 1. The van der Waals surface area contributed by atoms with Gasteiger partial charge in [0.2, 0.25) is 0 Å². The van der Waals surface area contributed by atoms with Gasteiger partial charge in [0.15, 0.2) is 0 Å². The molecule has 15 heavy (non-hydrogen) atoms. The minimum Gasteiger partial charge on any atom is -0.481 e. The first-order valence-electron chi connectivity index (χ1n) is 4.23. The van der Waals surface area contributed by atoms with Gasteiger partial charge in [0, 0.05) is 11.4 Å². The Labute approximate surface area is 90.5 Å². The van der Waals surface area contributed by atoms with E-state index >= 15 is 0 Å². The van der Waals surface area contributed by atoms with Gasteiger partial charge in [0.25, 0.3) is 5.92 Å². The maximum absolute atomic E-state index is 13.0. The minimum absolute atomic E-state index is 0.366. The molecule has 5 heteroatoms. The molecule has 0 radical (unpaired) electrons. The third-order valence-corrected chi connectivity index (χ3v) is 2.04. The summed E-state index contributed by atoms with van der Waals surface area (Å²) in [5.41, 5.74) is 0.366. The zero-order valence-corrected chi connectivity index (χ0v) is 8.47. The van der Waals surface area contributed by atoms with Crippen molar-refractivity contribution in [2.45, 2.75) is 18.8 Å². The molecule has 82 valence electrons. The summed E-state index contributed by atoms with van der Waals surface area (Å²) in [4.78, 5) is 10.2. The Balaban J connectivity index is 2.68. The van der Waals surface area contributed by atoms with Gasteiger partial charge in [-0.1, -0.05) is 23.7 Å². The van der Waals surface area contributed by atoms with E-state index in [2.05, 4.69) is 0 Å². The predicted octanol–water partition coefficient (Wildman–Crippen LogP) is 2.99. The van der Waals surface area contributed by atoms with Gasteiger partial charge in [-0.05, 0) is 17.7 Å². The molecule has 0 saturated carbocycles. The second-order valence-corrected chi connectivity index (χ2v) is 3.67. The zero-order valence-electron chi connectivity index (χ0n) is 7.71. The van der Waals surface area contributed by atoms with Crippen molar-refractivity contribution in [1.82, 2.24) is 0 Å². The number of halogens is 3. The first-order chi connectivity index (χ1) is 6.89. The van der Waals surface area contributed by atoms with Gasteiger partial charge in [-0.15, -0.1) is 0 Å². The summed E-state index contributed by atoms with van der Waals surface area (Å²) in [6, 6.07) is 5.90. The molecular formula is C10H9ClF2O2. The van der Waals surface area contributed by atoms with Crippen molar-refractivity contribution in [3.05, 3.63) is 34.9 Å². The molecule has 0 heterocycles. The lowest BCUT2D eigenvalue weighted by Gasteiger charge is -2.13. The van der Waals surface area contributed by atoms with Gasteiger partial charge in [0.1, 0.15) is 6.42 Å². The Hall–Kier alpha value is -1.16. The number of hydrogen-bond acceptors (Lipinski definition) is 1. The molecule has 1 aromatic rings. The average molecular weight is 235 g/mol. The van der Waals surface area contributed by atoms with Crippen LogP contribution >= 0.6 is 11.6 Å². The molecule has 0 bridgehead atoms. The number of rotatable bonds is 4. The van der Waals surface area contributed by atoms with Crippen LogP contribution in [0.25, 0.3) is 0 Å². The molecule has 0 fully saturated rings. The molecule has 0 atom stereocenters. The smallest absolute Gasteiger partial charge is 0.309 e. The van der Waals surface area contributed by atoms with Gasteiger partial charge in [0.05, 0.1) is 0 Å². The normalized spacial score (nSPS) is 11.4. The second kappa shape index (κ2) is 4.57. The summed E-state index contributed by atoms with van der Waals surface area (Å²) >= 11 is 5.59. The van der Waals surface area contributed by atoms with Crippen LogP contribution in [0.4, 0.5) is 8.78 Å². The molecule has 0 aromatic heterocycles. The lowest BCUT2D eigenvalue weighted by Crippen LogP contribution is -2.23. The van der Waals surface area contributed by atoms with E-state index in [1.54, 1.807) is 0 Å². The van der Waals surface area contributed by atoms with E-state index in [0.29, 0.717) is 10.6 Å². The van der Waals surface area contributed by atoms with E-state index in [1.807, 2.05) is 0 Å². The maximum Gasteiger partial charge on any atom is 0.309 e. The highest BCUT2D eigenvalue weighted by Crippen LogP contribution is 2.24. The average Bonchev–Trinajstić information content (AvgIpc) is 2.06. The van der Waals surface area contributed by atoms with Crippen LogP contribution in [-0.4, -0.2) is 17.0 Å². The van der Waals surface area contributed by atoms with Crippen LogP contribution in [0.15, 0.2) is 24.3 Å². The number of alkyl halides is 2. The van der Waals surface area contributed by atoms with E-state index < -0.39 is 24.7 Å². The minimum atomic E-state index is -3.22. The van der Waals surface area contributed by atoms with Gasteiger partial charge in [-0.25, -0.2) is 8.78 Å². The Morgan fingerprint density at radius 1 is 1.33 bits per heavy atom. The fourth-order valence-corrected chi connectivity index (χ4v) is 1.31. The van der Waals surface area contributed by atoms with Gasteiger partial charge >= 0.3 is 5.97 Å². The molecule has 0 aliphatic carbocycles. The van der Waals surface area contributed by atoms with Crippen molar-refractivity contribution in [1.29, 1.82) is 0 Å². The SMILES string of the molecule is O=C(O)CC(F)(F)Cc1ccc(Cl)cc1. The Bertz CT molecular complexity index is 349. The standard InChI is InChI=1S/C10H9ClF2O2/c11-8-3-1-7(2-4-8)5-10(12,13)6-9(14)15/h1-4H,5-6H2,(H,14,15). The highest BCUT2D eigenvalue weighted by molar-refractivity contribution is 6.30. The summed E-state index contributed by atoms with van der Waals surface area (Å²) in [6.07, 6.45) is -1.74. The molecule has 1 rings (SSSR count). The molecule has 0 saturated heterocycles.